The van der Waals surface area contributed by atoms with Gasteiger partial charge in [-0.25, -0.2) is 18.4 Å². The van der Waals surface area contributed by atoms with Crippen molar-refractivity contribution in [2.24, 2.45) is 5.14 Å². The molecule has 2 aromatic carbocycles. The summed E-state index contributed by atoms with van der Waals surface area (Å²) in [6, 6.07) is 11.4. The van der Waals surface area contributed by atoms with Crippen molar-refractivity contribution < 1.29 is 40.7 Å². The topological polar surface area (TPSA) is 118 Å². The minimum absolute atomic E-state index is 0.0341. The summed E-state index contributed by atoms with van der Waals surface area (Å²) in [7, 11) is -3.91. The zero-order chi connectivity index (χ0) is 25.3. The fourth-order valence-electron chi connectivity index (χ4n) is 3.31. The minimum Gasteiger partial charge on any atom is -0.454 e. The largest absolute Gasteiger partial charge is 0.573 e. The van der Waals surface area contributed by atoms with Gasteiger partial charge in [-0.2, -0.15) is 0 Å². The van der Waals surface area contributed by atoms with Crippen LogP contribution in [0.3, 0.4) is 0 Å². The molecule has 3 rings (SSSR count). The second kappa shape index (κ2) is 9.31. The minimum atomic E-state index is -4.80. The summed E-state index contributed by atoms with van der Waals surface area (Å²) in [6.07, 6.45) is -4.80. The molecule has 0 bridgehead atoms. The molecule has 1 aromatic heterocycles. The number of nitrogens with zero attached hydrogens (tertiary/aromatic N) is 1. The third-order valence-corrected chi connectivity index (χ3v) is 5.74. The van der Waals surface area contributed by atoms with Gasteiger partial charge in [0.05, 0.1) is 10.5 Å². The van der Waals surface area contributed by atoms with E-state index in [-0.39, 0.29) is 21.8 Å². The van der Waals surface area contributed by atoms with Gasteiger partial charge in [-0.1, -0.05) is 0 Å². The number of sulfonamides is 1. The van der Waals surface area contributed by atoms with Crippen LogP contribution in [0.2, 0.25) is 0 Å². The SMILES string of the molecule is Cc1cc(C(=O)COC(=O)c2ccc(S(N)(=O)=O)cc2)c(C)n1-c1ccc(OC(F)(F)F)cc1. The van der Waals surface area contributed by atoms with Crippen LogP contribution in [0.25, 0.3) is 5.69 Å². The highest BCUT2D eigenvalue weighted by atomic mass is 32.2. The molecule has 0 saturated heterocycles. The maximum absolute atomic E-state index is 12.7. The molecule has 0 fully saturated rings. The Morgan fingerprint density at radius 2 is 1.59 bits per heavy atom. The summed E-state index contributed by atoms with van der Waals surface area (Å²) >= 11 is 0. The molecule has 2 N–H and O–H groups in total. The summed E-state index contributed by atoms with van der Waals surface area (Å²) in [5, 5.41) is 5.01. The molecule has 3 aromatic rings. The summed E-state index contributed by atoms with van der Waals surface area (Å²) in [6.45, 7) is 2.79. The molecule has 8 nitrogen and oxygen atoms in total. The van der Waals surface area contributed by atoms with E-state index in [1.807, 2.05) is 0 Å². The molecule has 180 valence electrons. The van der Waals surface area contributed by atoms with Crippen molar-refractivity contribution in [2.75, 3.05) is 6.61 Å². The van der Waals surface area contributed by atoms with Gasteiger partial charge in [-0.3, -0.25) is 4.79 Å². The van der Waals surface area contributed by atoms with Gasteiger partial charge in [0.2, 0.25) is 15.8 Å². The number of aromatic nitrogens is 1. The van der Waals surface area contributed by atoms with Crippen molar-refractivity contribution >= 4 is 21.8 Å². The Labute approximate surface area is 192 Å². The molecule has 0 unspecified atom stereocenters. The summed E-state index contributed by atoms with van der Waals surface area (Å²) < 4.78 is 70.2. The van der Waals surface area contributed by atoms with Crippen molar-refractivity contribution in [3.63, 3.8) is 0 Å². The zero-order valence-corrected chi connectivity index (χ0v) is 18.7. The normalized spacial score (nSPS) is 11.8. The first kappa shape index (κ1) is 25.0. The summed E-state index contributed by atoms with van der Waals surface area (Å²) in [5.74, 6) is -1.70. The Hall–Kier alpha value is -3.64. The number of nitrogens with two attached hydrogens (primary N) is 1. The Kier molecular flexibility index (Phi) is 6.84. The van der Waals surface area contributed by atoms with E-state index >= 15 is 0 Å². The Morgan fingerprint density at radius 3 is 2.12 bits per heavy atom. The molecular weight excluding hydrogens is 477 g/mol. The van der Waals surface area contributed by atoms with E-state index in [1.54, 1.807) is 24.5 Å². The number of Topliss-reactive ketones (excluding diaryl/α,β-unsaturated/α-hetero) is 1. The second-order valence-corrected chi connectivity index (χ2v) is 8.79. The van der Waals surface area contributed by atoms with Gasteiger partial charge in [0.25, 0.3) is 0 Å². The number of hydrogen-bond acceptors (Lipinski definition) is 6. The van der Waals surface area contributed by atoms with Crippen LogP contribution in [0.5, 0.6) is 5.75 Å². The van der Waals surface area contributed by atoms with E-state index in [0.29, 0.717) is 17.1 Å². The molecule has 0 amide bonds. The molecular formula is C22H19F3N2O6S. The van der Waals surface area contributed by atoms with E-state index < -0.39 is 34.7 Å². The number of carbonyl (C=O) groups is 2. The number of primary sulfonamides is 1. The number of aryl methyl sites for hydroxylation is 1. The van der Waals surface area contributed by atoms with Gasteiger partial charge in [0, 0.05) is 22.6 Å². The number of alkyl halides is 3. The Bertz CT molecular complexity index is 1330. The maximum Gasteiger partial charge on any atom is 0.573 e. The Balaban J connectivity index is 1.72. The Morgan fingerprint density at radius 1 is 1.00 bits per heavy atom. The van der Waals surface area contributed by atoms with Crippen LogP contribution in [-0.2, 0) is 14.8 Å². The fourth-order valence-corrected chi connectivity index (χ4v) is 3.83. The van der Waals surface area contributed by atoms with Crippen molar-refractivity contribution in [2.45, 2.75) is 25.1 Å². The van der Waals surface area contributed by atoms with E-state index in [1.165, 1.54) is 24.3 Å². The van der Waals surface area contributed by atoms with E-state index in [9.17, 15) is 31.2 Å². The monoisotopic (exact) mass is 496 g/mol. The highest BCUT2D eigenvalue weighted by Gasteiger charge is 2.31. The van der Waals surface area contributed by atoms with Crippen LogP contribution in [0, 0.1) is 13.8 Å². The second-order valence-electron chi connectivity index (χ2n) is 7.23. The molecule has 0 saturated carbocycles. The molecule has 0 aliphatic carbocycles. The van der Waals surface area contributed by atoms with Crippen LogP contribution in [0.4, 0.5) is 13.2 Å². The van der Waals surface area contributed by atoms with E-state index in [0.717, 1.165) is 24.3 Å². The van der Waals surface area contributed by atoms with Crippen LogP contribution < -0.4 is 9.88 Å². The number of ether oxygens (including phenoxy) is 2. The van der Waals surface area contributed by atoms with Gasteiger partial charge in [0.1, 0.15) is 5.75 Å². The first-order valence-electron chi connectivity index (χ1n) is 9.64. The smallest absolute Gasteiger partial charge is 0.454 e. The summed E-state index contributed by atoms with van der Waals surface area (Å²) in [5.41, 5.74) is 1.95. The van der Waals surface area contributed by atoms with Gasteiger partial charge >= 0.3 is 12.3 Å². The van der Waals surface area contributed by atoms with Crippen LogP contribution in [-0.4, -0.2) is 37.7 Å². The number of benzene rings is 2. The lowest BCUT2D eigenvalue weighted by Gasteiger charge is -2.12. The van der Waals surface area contributed by atoms with E-state index in [4.69, 9.17) is 9.88 Å². The van der Waals surface area contributed by atoms with Gasteiger partial charge in [-0.15, -0.1) is 13.2 Å². The first-order valence-corrected chi connectivity index (χ1v) is 11.2. The summed E-state index contributed by atoms with van der Waals surface area (Å²) in [4.78, 5) is 24.7. The molecule has 34 heavy (non-hydrogen) atoms. The highest BCUT2D eigenvalue weighted by Crippen LogP contribution is 2.26. The van der Waals surface area contributed by atoms with Gasteiger partial charge in [0.15, 0.2) is 6.61 Å². The number of esters is 1. The number of ketones is 1. The average molecular weight is 496 g/mol. The lowest BCUT2D eigenvalue weighted by Crippen LogP contribution is -2.17. The molecule has 1 heterocycles. The number of rotatable bonds is 7. The third kappa shape index (κ3) is 5.83. The van der Waals surface area contributed by atoms with Crippen molar-refractivity contribution in [3.05, 3.63) is 77.1 Å². The number of hydrogen-bond donors (Lipinski definition) is 1. The fraction of sp³-hybridized carbons (Fsp3) is 0.182. The standard InChI is InChI=1S/C22H19F3N2O6S/c1-13-11-19(14(2)27(13)16-5-7-17(8-6-16)33-22(23,24)25)20(28)12-32-21(29)15-3-9-18(10-4-15)34(26,30)31/h3-11H,12H2,1-2H3,(H2,26,30,31). The van der Waals surface area contributed by atoms with Crippen molar-refractivity contribution in [3.8, 4) is 11.4 Å². The number of carbonyl (C=O) groups excluding carboxylic acids is 2. The lowest BCUT2D eigenvalue weighted by molar-refractivity contribution is -0.274. The number of halogens is 3. The molecule has 0 atom stereocenters. The third-order valence-electron chi connectivity index (χ3n) is 4.81. The molecule has 0 spiro atoms. The van der Waals surface area contributed by atoms with Crippen LogP contribution in [0.15, 0.2) is 59.5 Å². The van der Waals surface area contributed by atoms with Gasteiger partial charge in [-0.05, 0) is 68.4 Å². The predicted molar refractivity (Wildman–Crippen MR) is 114 cm³/mol. The zero-order valence-electron chi connectivity index (χ0n) is 17.9. The predicted octanol–water partition coefficient (Wildman–Crippen LogP) is 3.68. The first-order chi connectivity index (χ1) is 15.8. The highest BCUT2D eigenvalue weighted by molar-refractivity contribution is 7.89. The van der Waals surface area contributed by atoms with Crippen molar-refractivity contribution in [1.82, 2.24) is 4.57 Å². The van der Waals surface area contributed by atoms with E-state index in [2.05, 4.69) is 4.74 Å². The molecule has 0 aliphatic rings. The molecule has 0 radical (unpaired) electrons. The van der Waals surface area contributed by atoms with Gasteiger partial charge < -0.3 is 14.0 Å². The van der Waals surface area contributed by atoms with Crippen LogP contribution in [0.1, 0.15) is 32.1 Å². The van der Waals surface area contributed by atoms with Crippen LogP contribution >= 0.6 is 0 Å². The average Bonchev–Trinajstić information content (AvgIpc) is 3.05. The molecule has 12 heteroatoms. The lowest BCUT2D eigenvalue weighted by atomic mass is 10.1. The quantitative estimate of drug-likeness (QED) is 0.394. The maximum atomic E-state index is 12.7. The van der Waals surface area contributed by atoms with Crippen molar-refractivity contribution in [1.29, 1.82) is 0 Å². The molecule has 0 aliphatic heterocycles.